The molecule has 2 aliphatic rings. The number of thioether (sulfide) groups is 1. The number of aryl methyl sites for hydroxylation is 1. The number of nitrogens with zero attached hydrogens (tertiary/aromatic N) is 5. The van der Waals surface area contributed by atoms with Gasteiger partial charge in [0.2, 0.25) is 11.6 Å². The Hall–Kier alpha value is -4.15. The highest BCUT2D eigenvalue weighted by atomic mass is 35.5. The second-order valence-corrected chi connectivity index (χ2v) is 11.9. The quantitative estimate of drug-likeness (QED) is 0.121. The van der Waals surface area contributed by atoms with E-state index in [0.29, 0.717) is 5.57 Å². The second-order valence-electron chi connectivity index (χ2n) is 9.13. The van der Waals surface area contributed by atoms with Crippen molar-refractivity contribution < 1.29 is 38.8 Å². The van der Waals surface area contributed by atoms with Gasteiger partial charge in [0.15, 0.2) is 23.6 Å². The highest BCUT2D eigenvalue weighted by Crippen LogP contribution is 2.40. The Bertz CT molecular complexity index is 1670. The lowest BCUT2D eigenvalue weighted by atomic mass is 10.0. The molecular formula is C24H22ClN7O7S2. The van der Waals surface area contributed by atoms with Crippen LogP contribution in [0.2, 0.25) is 4.34 Å². The summed E-state index contributed by atoms with van der Waals surface area (Å²) >= 11 is 8.28. The molecule has 0 unspecified atom stereocenters. The van der Waals surface area contributed by atoms with Crippen LogP contribution in [0.4, 0.5) is 5.13 Å². The number of oxime groups is 1. The van der Waals surface area contributed by atoms with Crippen LogP contribution in [-0.4, -0.2) is 72.3 Å². The maximum absolute atomic E-state index is 13.2. The van der Waals surface area contributed by atoms with Crippen LogP contribution >= 0.6 is 34.7 Å². The second kappa shape index (κ2) is 11.0. The first-order valence-corrected chi connectivity index (χ1v) is 14.2. The number of carboxylic acids is 2. The van der Waals surface area contributed by atoms with Crippen molar-refractivity contribution in [3.05, 3.63) is 51.9 Å². The lowest BCUT2D eigenvalue weighted by Gasteiger charge is -2.50. The van der Waals surface area contributed by atoms with Crippen LogP contribution in [0.3, 0.4) is 0 Å². The van der Waals surface area contributed by atoms with Gasteiger partial charge >= 0.3 is 5.97 Å². The molecule has 4 N–H and O–H groups in total. The number of nitrogens with one attached hydrogen (secondary N) is 1. The summed E-state index contributed by atoms with van der Waals surface area (Å²) in [6.45, 7) is 1.41. The minimum Gasteiger partial charge on any atom is -0.543 e. The van der Waals surface area contributed by atoms with Crippen molar-refractivity contribution in [2.24, 2.45) is 12.2 Å². The summed E-state index contributed by atoms with van der Waals surface area (Å²) in [5, 5.41) is 26.8. The zero-order chi connectivity index (χ0) is 29.6. The number of anilines is 1. The molecule has 214 valence electrons. The van der Waals surface area contributed by atoms with Crippen molar-refractivity contribution in [2.75, 3.05) is 11.5 Å². The topological polar surface area (TPSA) is 196 Å². The number of carbonyl (C=O) groups is 4. The zero-order valence-electron chi connectivity index (χ0n) is 21.4. The van der Waals surface area contributed by atoms with E-state index >= 15 is 0 Å². The fourth-order valence-electron chi connectivity index (χ4n) is 4.47. The van der Waals surface area contributed by atoms with Gasteiger partial charge < -0.3 is 35.5 Å². The number of amides is 2. The number of rotatable bonds is 9. The predicted octanol–water partition coefficient (Wildman–Crippen LogP) is -0.544. The molecule has 5 heterocycles. The molecule has 0 radical (unpaired) electrons. The van der Waals surface area contributed by atoms with Crippen LogP contribution in [0.25, 0.3) is 11.0 Å². The number of β-lactam (4-membered cyclic amide) rings is 1. The van der Waals surface area contributed by atoms with E-state index in [0.717, 1.165) is 27.3 Å². The van der Waals surface area contributed by atoms with Gasteiger partial charge in [0.1, 0.15) is 27.0 Å². The Morgan fingerprint density at radius 2 is 2.17 bits per heavy atom. The fraction of sp³-hybridized carbons (Fsp3) is 0.292. The Labute approximate surface area is 245 Å². The molecule has 1 saturated heterocycles. The number of halogens is 1. The molecule has 1 fully saturated rings. The molecule has 3 aromatic rings. The van der Waals surface area contributed by atoms with Crippen molar-refractivity contribution in [1.82, 2.24) is 19.8 Å². The van der Waals surface area contributed by atoms with Crippen molar-refractivity contribution in [2.45, 2.75) is 31.0 Å². The average molecular weight is 620 g/mol. The Morgan fingerprint density at radius 1 is 1.41 bits per heavy atom. The van der Waals surface area contributed by atoms with Gasteiger partial charge in [-0.05, 0) is 13.0 Å². The molecule has 2 amide bonds. The smallest absolute Gasteiger partial charge is 0.347 e. The van der Waals surface area contributed by atoms with Gasteiger partial charge in [0.05, 0.1) is 11.7 Å². The highest BCUT2D eigenvalue weighted by molar-refractivity contribution is 8.00. The van der Waals surface area contributed by atoms with Crippen LogP contribution in [0.15, 0.2) is 47.0 Å². The predicted molar refractivity (Wildman–Crippen MR) is 146 cm³/mol. The minimum atomic E-state index is -1.51. The summed E-state index contributed by atoms with van der Waals surface area (Å²) in [5.41, 5.74) is 7.11. The molecule has 5 rings (SSSR count). The van der Waals surface area contributed by atoms with Gasteiger partial charge in [0.25, 0.3) is 11.8 Å². The molecule has 14 nitrogen and oxygen atoms in total. The Balaban J connectivity index is 1.39. The number of carboxylic acid groups (broad SMARTS) is 2. The monoisotopic (exact) mass is 619 g/mol. The van der Waals surface area contributed by atoms with E-state index in [2.05, 4.69) is 15.5 Å². The van der Waals surface area contributed by atoms with Gasteiger partial charge in [-0.3, -0.25) is 14.5 Å². The van der Waals surface area contributed by atoms with Gasteiger partial charge in [-0.25, -0.2) is 9.78 Å². The number of nitrogen functional groups attached to an aromatic ring is 1. The van der Waals surface area contributed by atoms with Gasteiger partial charge in [-0.2, -0.15) is 4.57 Å². The summed E-state index contributed by atoms with van der Waals surface area (Å²) in [7, 11) is 1.90. The van der Waals surface area contributed by atoms with Crippen molar-refractivity contribution in [3.63, 3.8) is 0 Å². The van der Waals surface area contributed by atoms with E-state index in [9.17, 15) is 24.3 Å². The number of carbonyl (C=O) groups excluding carboxylic acids is 3. The number of hydrogen-bond donors (Lipinski definition) is 3. The summed E-state index contributed by atoms with van der Waals surface area (Å²) in [4.78, 5) is 59.8. The molecule has 3 atom stereocenters. The number of pyridine rings is 1. The fourth-order valence-corrected chi connectivity index (χ4v) is 6.74. The molecule has 0 spiro atoms. The molecule has 2 aliphatic heterocycles. The third-order valence-electron chi connectivity index (χ3n) is 6.51. The Kier molecular flexibility index (Phi) is 7.63. The summed E-state index contributed by atoms with van der Waals surface area (Å²) in [6, 6.07) is 4.58. The van der Waals surface area contributed by atoms with Gasteiger partial charge in [-0.1, -0.05) is 28.1 Å². The minimum absolute atomic E-state index is 0.00525. The van der Waals surface area contributed by atoms with Crippen molar-refractivity contribution in [1.29, 1.82) is 0 Å². The van der Waals surface area contributed by atoms with E-state index in [1.165, 1.54) is 18.7 Å². The molecule has 41 heavy (non-hydrogen) atoms. The maximum atomic E-state index is 13.2. The number of hydrogen-bond acceptors (Lipinski definition) is 11. The number of thiazole rings is 1. The van der Waals surface area contributed by atoms with E-state index in [1.54, 1.807) is 0 Å². The van der Waals surface area contributed by atoms with Crippen LogP contribution in [0, 0.1) is 0 Å². The summed E-state index contributed by atoms with van der Waals surface area (Å²) in [5.74, 6) is -4.19. The van der Waals surface area contributed by atoms with Crippen molar-refractivity contribution >= 4 is 80.3 Å². The van der Waals surface area contributed by atoms with E-state index in [-0.39, 0.29) is 33.2 Å². The molecule has 0 aliphatic carbocycles. The average Bonchev–Trinajstić information content (AvgIpc) is 3.47. The van der Waals surface area contributed by atoms with E-state index in [1.807, 2.05) is 46.8 Å². The van der Waals surface area contributed by atoms with Crippen LogP contribution in [-0.2, 0) is 37.6 Å². The molecule has 0 bridgehead atoms. The van der Waals surface area contributed by atoms with Crippen molar-refractivity contribution in [3.8, 4) is 0 Å². The van der Waals surface area contributed by atoms with Crippen LogP contribution in [0.1, 0.15) is 12.6 Å². The SMILES string of the molecule is C[C@H](O/N=C(\C(=O)N[C@@H]1C(=O)N2C(C(=O)[O-])=C(C[n+]3cccc4c3ccn4C)CS[C@H]12)c1nc(N)sc1Cl)C(=O)O. The molecular weight excluding hydrogens is 598 g/mol. The van der Waals surface area contributed by atoms with Gasteiger partial charge in [-0.15, -0.1) is 11.8 Å². The highest BCUT2D eigenvalue weighted by Gasteiger charge is 2.53. The normalized spacial score (nSPS) is 19.5. The first-order chi connectivity index (χ1) is 19.5. The summed E-state index contributed by atoms with van der Waals surface area (Å²) < 4.78 is 3.83. The lowest BCUT2D eigenvalue weighted by Crippen LogP contribution is -2.71. The van der Waals surface area contributed by atoms with Gasteiger partial charge in [0, 0.05) is 36.7 Å². The molecule has 17 heteroatoms. The standard InChI is InChI=1S/C24H22ClN7O7S2/c1-10(22(35)36)39-29-15(14-18(25)41-24(26)28-14)19(33)27-16-20(34)32-17(23(37)38)11(9-40-21(16)32)8-31-6-3-4-12-13(31)5-7-30(12)2/h3-7,10,16,21H,8-9H2,1-2H3,(H4-,26,27,28,33,35,36,37,38)/b29-15-/t10-,16+,21+/m0/s1. The third kappa shape index (κ3) is 5.20. The number of aliphatic carboxylic acids is 2. The number of nitrogens with two attached hydrogens (primary N) is 1. The van der Waals surface area contributed by atoms with Crippen LogP contribution < -0.4 is 20.7 Å². The first-order valence-electron chi connectivity index (χ1n) is 12.0. The van der Waals surface area contributed by atoms with E-state index < -0.39 is 47.0 Å². The first kappa shape index (κ1) is 28.4. The summed E-state index contributed by atoms with van der Waals surface area (Å²) in [6.07, 6.45) is 2.31. The third-order valence-corrected chi connectivity index (χ3v) is 8.93. The lowest BCUT2D eigenvalue weighted by molar-refractivity contribution is -0.663. The number of fused-ring (bicyclic) bond motifs is 2. The molecule has 0 saturated carbocycles. The van der Waals surface area contributed by atoms with E-state index in [4.69, 9.17) is 27.3 Å². The Morgan fingerprint density at radius 3 is 2.83 bits per heavy atom. The largest absolute Gasteiger partial charge is 0.543 e. The molecule has 3 aromatic heterocycles. The molecule has 0 aromatic carbocycles. The number of aromatic nitrogens is 3. The zero-order valence-corrected chi connectivity index (χ0v) is 23.8. The maximum Gasteiger partial charge on any atom is 0.347 e. The van der Waals surface area contributed by atoms with Crippen LogP contribution in [0.5, 0.6) is 0 Å².